The first-order chi connectivity index (χ1) is 8.54. The van der Waals surface area contributed by atoms with Crippen LogP contribution in [0.2, 0.25) is 5.02 Å². The molecule has 0 fully saturated rings. The Morgan fingerprint density at radius 2 is 2.00 bits per heavy atom. The summed E-state index contributed by atoms with van der Waals surface area (Å²) in [6, 6.07) is 5.82. The van der Waals surface area contributed by atoms with Gasteiger partial charge in [0.1, 0.15) is 5.75 Å². The highest BCUT2D eigenvalue weighted by Gasteiger charge is 2.11. The highest BCUT2D eigenvalue weighted by atomic mass is 35.5. The van der Waals surface area contributed by atoms with E-state index in [1.165, 1.54) is 5.56 Å². The molecule has 0 aliphatic rings. The molecular weight excluding hydrogens is 246 g/mol. The van der Waals surface area contributed by atoms with Gasteiger partial charge in [0.05, 0.1) is 7.11 Å². The quantitative estimate of drug-likeness (QED) is 0.753. The molecule has 0 saturated heterocycles. The maximum Gasteiger partial charge on any atom is 0.122 e. The van der Waals surface area contributed by atoms with Gasteiger partial charge in [-0.05, 0) is 55.1 Å². The maximum absolute atomic E-state index is 6.05. The van der Waals surface area contributed by atoms with Crippen molar-refractivity contribution in [3.63, 3.8) is 0 Å². The second-order valence-electron chi connectivity index (χ2n) is 5.17. The van der Waals surface area contributed by atoms with E-state index in [2.05, 4.69) is 26.1 Å². The van der Waals surface area contributed by atoms with Gasteiger partial charge in [-0.2, -0.15) is 0 Å². The van der Waals surface area contributed by atoms with E-state index in [1.807, 2.05) is 18.2 Å². The van der Waals surface area contributed by atoms with Crippen LogP contribution >= 0.6 is 11.6 Å². The van der Waals surface area contributed by atoms with Crippen molar-refractivity contribution in [1.82, 2.24) is 5.32 Å². The summed E-state index contributed by atoms with van der Waals surface area (Å²) in [7, 11) is 1.70. The van der Waals surface area contributed by atoms with Gasteiger partial charge < -0.3 is 10.1 Å². The summed E-state index contributed by atoms with van der Waals surface area (Å²) in [5, 5.41) is 4.23. The normalized spacial score (nSPS) is 12.8. The van der Waals surface area contributed by atoms with Crippen LogP contribution in [0.3, 0.4) is 0 Å². The van der Waals surface area contributed by atoms with Gasteiger partial charge in [-0.15, -0.1) is 0 Å². The third kappa shape index (κ3) is 4.87. The highest BCUT2D eigenvalue weighted by Crippen LogP contribution is 2.30. The van der Waals surface area contributed by atoms with Crippen molar-refractivity contribution >= 4 is 11.6 Å². The van der Waals surface area contributed by atoms with Crippen molar-refractivity contribution in [2.75, 3.05) is 20.2 Å². The zero-order chi connectivity index (χ0) is 13.5. The first kappa shape index (κ1) is 15.3. The lowest BCUT2D eigenvalue weighted by Crippen LogP contribution is -2.21. The molecule has 1 unspecified atom stereocenters. The molecule has 0 radical (unpaired) electrons. The Hall–Kier alpha value is -0.730. The predicted molar refractivity (Wildman–Crippen MR) is 78.7 cm³/mol. The van der Waals surface area contributed by atoms with Crippen LogP contribution in [0, 0.1) is 5.92 Å². The Balaban J connectivity index is 2.55. The molecule has 1 rings (SSSR count). The van der Waals surface area contributed by atoms with Crippen molar-refractivity contribution in [2.45, 2.75) is 33.1 Å². The van der Waals surface area contributed by atoms with Crippen LogP contribution in [0.4, 0.5) is 0 Å². The van der Waals surface area contributed by atoms with E-state index < -0.39 is 0 Å². The van der Waals surface area contributed by atoms with Crippen LogP contribution in [0.5, 0.6) is 5.75 Å². The fourth-order valence-corrected chi connectivity index (χ4v) is 2.14. The number of hydrogen-bond acceptors (Lipinski definition) is 2. The van der Waals surface area contributed by atoms with Gasteiger partial charge in [-0.25, -0.2) is 0 Å². The molecule has 0 saturated carbocycles. The van der Waals surface area contributed by atoms with Crippen molar-refractivity contribution in [3.05, 3.63) is 28.8 Å². The minimum absolute atomic E-state index is 0.443. The summed E-state index contributed by atoms with van der Waals surface area (Å²) in [6.07, 6.45) is 1.09. The second kappa shape index (κ2) is 7.65. The number of ether oxygens (including phenoxy) is 1. The molecule has 0 spiro atoms. The van der Waals surface area contributed by atoms with E-state index in [-0.39, 0.29) is 0 Å². The molecule has 18 heavy (non-hydrogen) atoms. The topological polar surface area (TPSA) is 21.3 Å². The average Bonchev–Trinajstić information content (AvgIpc) is 2.34. The van der Waals surface area contributed by atoms with E-state index in [0.717, 1.165) is 30.3 Å². The van der Waals surface area contributed by atoms with Gasteiger partial charge in [0.2, 0.25) is 0 Å². The van der Waals surface area contributed by atoms with Gasteiger partial charge in [0.15, 0.2) is 0 Å². The second-order valence-corrected chi connectivity index (χ2v) is 5.61. The number of nitrogens with one attached hydrogen (secondary N) is 1. The summed E-state index contributed by atoms with van der Waals surface area (Å²) >= 11 is 6.05. The van der Waals surface area contributed by atoms with Crippen molar-refractivity contribution in [1.29, 1.82) is 0 Å². The number of methoxy groups -OCH3 is 1. The Labute approximate surface area is 116 Å². The number of hydrogen-bond donors (Lipinski definition) is 1. The maximum atomic E-state index is 6.05. The molecule has 1 aromatic carbocycles. The lowest BCUT2D eigenvalue weighted by Gasteiger charge is -2.16. The lowest BCUT2D eigenvalue weighted by molar-refractivity contribution is 0.404. The molecule has 3 heteroatoms. The molecule has 0 heterocycles. The number of rotatable bonds is 7. The SMILES string of the molecule is COc1ccc(Cl)cc1C(C)CCNCC(C)C. The Morgan fingerprint density at radius 1 is 1.28 bits per heavy atom. The van der Waals surface area contributed by atoms with Crippen LogP contribution in [0.25, 0.3) is 0 Å². The number of benzene rings is 1. The Bertz CT molecular complexity index is 366. The molecule has 0 amide bonds. The molecule has 1 N–H and O–H groups in total. The van der Waals surface area contributed by atoms with Crippen molar-refractivity contribution in [2.24, 2.45) is 5.92 Å². The zero-order valence-electron chi connectivity index (χ0n) is 11.8. The summed E-state index contributed by atoms with van der Waals surface area (Å²) in [4.78, 5) is 0. The van der Waals surface area contributed by atoms with Crippen LogP contribution in [0.1, 0.15) is 38.7 Å². The fraction of sp³-hybridized carbons (Fsp3) is 0.600. The van der Waals surface area contributed by atoms with Gasteiger partial charge in [0.25, 0.3) is 0 Å². The fourth-order valence-electron chi connectivity index (χ4n) is 1.96. The monoisotopic (exact) mass is 269 g/mol. The standard InChI is InChI=1S/C15H24ClNO/c1-11(2)10-17-8-7-12(3)14-9-13(16)5-6-15(14)18-4/h5-6,9,11-12,17H,7-8,10H2,1-4H3. The minimum atomic E-state index is 0.443. The van der Waals surface area contributed by atoms with E-state index in [0.29, 0.717) is 11.8 Å². The van der Waals surface area contributed by atoms with Crippen LogP contribution in [-0.2, 0) is 0 Å². The summed E-state index contributed by atoms with van der Waals surface area (Å²) in [5.41, 5.74) is 1.19. The van der Waals surface area contributed by atoms with E-state index >= 15 is 0 Å². The number of halogens is 1. The van der Waals surface area contributed by atoms with Crippen LogP contribution in [0.15, 0.2) is 18.2 Å². The first-order valence-electron chi connectivity index (χ1n) is 6.58. The first-order valence-corrected chi connectivity index (χ1v) is 6.96. The largest absolute Gasteiger partial charge is 0.496 e. The van der Waals surface area contributed by atoms with Gasteiger partial charge >= 0.3 is 0 Å². The van der Waals surface area contributed by atoms with E-state index in [9.17, 15) is 0 Å². The molecule has 0 aromatic heterocycles. The third-order valence-corrected chi connectivity index (χ3v) is 3.26. The molecule has 0 bridgehead atoms. The van der Waals surface area contributed by atoms with Gasteiger partial charge in [0, 0.05) is 5.02 Å². The van der Waals surface area contributed by atoms with E-state index in [1.54, 1.807) is 7.11 Å². The smallest absolute Gasteiger partial charge is 0.122 e. The minimum Gasteiger partial charge on any atom is -0.496 e. The molecule has 1 atom stereocenters. The van der Waals surface area contributed by atoms with Crippen LogP contribution in [-0.4, -0.2) is 20.2 Å². The predicted octanol–water partition coefficient (Wildman–Crippen LogP) is 4.09. The van der Waals surface area contributed by atoms with Gasteiger partial charge in [-0.3, -0.25) is 0 Å². The van der Waals surface area contributed by atoms with E-state index in [4.69, 9.17) is 16.3 Å². The molecule has 0 aliphatic heterocycles. The summed E-state index contributed by atoms with van der Waals surface area (Å²) < 4.78 is 5.39. The third-order valence-electron chi connectivity index (χ3n) is 3.03. The molecule has 102 valence electrons. The van der Waals surface area contributed by atoms with Crippen molar-refractivity contribution < 1.29 is 4.74 Å². The molecular formula is C15H24ClNO. The average molecular weight is 270 g/mol. The lowest BCUT2D eigenvalue weighted by atomic mass is 9.97. The van der Waals surface area contributed by atoms with Crippen molar-refractivity contribution in [3.8, 4) is 5.75 Å². The Morgan fingerprint density at radius 3 is 2.61 bits per heavy atom. The van der Waals surface area contributed by atoms with Gasteiger partial charge in [-0.1, -0.05) is 32.4 Å². The Kier molecular flexibility index (Phi) is 6.51. The van der Waals surface area contributed by atoms with Crippen LogP contribution < -0.4 is 10.1 Å². The summed E-state index contributed by atoms with van der Waals surface area (Å²) in [5.74, 6) is 2.06. The summed E-state index contributed by atoms with van der Waals surface area (Å²) in [6.45, 7) is 8.74. The highest BCUT2D eigenvalue weighted by molar-refractivity contribution is 6.30. The molecule has 0 aliphatic carbocycles. The molecule has 1 aromatic rings. The zero-order valence-corrected chi connectivity index (χ0v) is 12.6. The molecule has 2 nitrogen and oxygen atoms in total.